The third-order valence-electron chi connectivity index (χ3n) is 7.08. The van der Waals surface area contributed by atoms with E-state index in [4.69, 9.17) is 16.3 Å². The summed E-state index contributed by atoms with van der Waals surface area (Å²) in [4.78, 5) is 43.1. The molecule has 1 saturated carbocycles. The summed E-state index contributed by atoms with van der Waals surface area (Å²) in [5.74, 6) is -5.69. The molecule has 0 spiro atoms. The summed E-state index contributed by atoms with van der Waals surface area (Å²) in [6.07, 6.45) is -2.15. The number of ether oxygens (including phenoxy) is 1. The van der Waals surface area contributed by atoms with Gasteiger partial charge in [0.2, 0.25) is 5.91 Å². The Kier molecular flexibility index (Phi) is 7.98. The molecule has 9 nitrogen and oxygen atoms in total. The predicted octanol–water partition coefficient (Wildman–Crippen LogP) is 5.24. The van der Waals surface area contributed by atoms with Crippen molar-refractivity contribution in [3.63, 3.8) is 0 Å². The molecular formula is C30H21ClF3N5O4. The number of anilines is 2. The molecule has 0 bridgehead atoms. The number of amides is 3. The van der Waals surface area contributed by atoms with E-state index in [-0.39, 0.29) is 33.1 Å². The molecule has 13 heteroatoms. The van der Waals surface area contributed by atoms with Gasteiger partial charge in [0.15, 0.2) is 6.04 Å². The summed E-state index contributed by atoms with van der Waals surface area (Å²) in [5.41, 5.74) is 0.00164. The van der Waals surface area contributed by atoms with E-state index in [1.54, 1.807) is 12.1 Å². The summed E-state index contributed by atoms with van der Waals surface area (Å²) in [7, 11) is 0. The highest BCUT2D eigenvalue weighted by Gasteiger charge is 2.49. The van der Waals surface area contributed by atoms with Crippen molar-refractivity contribution in [1.82, 2.24) is 5.32 Å². The average Bonchev–Trinajstić information content (AvgIpc) is 3.35. The molecule has 218 valence electrons. The third kappa shape index (κ3) is 5.96. The van der Waals surface area contributed by atoms with E-state index >= 15 is 0 Å². The monoisotopic (exact) mass is 607 g/mol. The van der Waals surface area contributed by atoms with Crippen LogP contribution in [0.3, 0.4) is 0 Å². The van der Waals surface area contributed by atoms with E-state index in [0.29, 0.717) is 0 Å². The zero-order valence-electron chi connectivity index (χ0n) is 22.1. The fraction of sp³-hybridized carbons (Fsp3) is 0.233. The second-order valence-electron chi connectivity index (χ2n) is 10.0. The first kappa shape index (κ1) is 29.4. The SMILES string of the molecule is N#Cc1cc(F)cc(N(C(=O)[C@@H]2COC(=O)N2c2cccc(C#N)c2)C(C(=O)NC2CC(F)(F)C2)c2ccccc2Cl)c1. The maximum atomic E-state index is 14.8. The average molecular weight is 608 g/mol. The number of carbonyl (C=O) groups is 3. The van der Waals surface area contributed by atoms with Crippen molar-refractivity contribution in [3.8, 4) is 12.1 Å². The number of carbonyl (C=O) groups excluding carboxylic acids is 3. The van der Waals surface area contributed by atoms with Crippen molar-refractivity contribution in [1.29, 1.82) is 10.5 Å². The molecule has 2 fully saturated rings. The first-order valence-electron chi connectivity index (χ1n) is 12.9. The Morgan fingerprint density at radius 2 is 1.77 bits per heavy atom. The molecule has 1 heterocycles. The molecule has 3 amide bonds. The fourth-order valence-electron chi connectivity index (χ4n) is 5.09. The normalized spacial score (nSPS) is 18.0. The van der Waals surface area contributed by atoms with Crippen molar-refractivity contribution in [2.45, 2.75) is 36.9 Å². The van der Waals surface area contributed by atoms with Crippen LogP contribution in [0.4, 0.5) is 29.3 Å². The van der Waals surface area contributed by atoms with Gasteiger partial charge in [-0.15, -0.1) is 0 Å². The molecular weight excluding hydrogens is 587 g/mol. The van der Waals surface area contributed by atoms with E-state index < -0.39 is 67.2 Å². The minimum Gasteiger partial charge on any atom is -0.446 e. The zero-order valence-corrected chi connectivity index (χ0v) is 22.9. The van der Waals surface area contributed by atoms with Crippen LogP contribution < -0.4 is 15.1 Å². The smallest absolute Gasteiger partial charge is 0.415 e. The van der Waals surface area contributed by atoms with Crippen LogP contribution in [0.2, 0.25) is 5.02 Å². The van der Waals surface area contributed by atoms with E-state index in [2.05, 4.69) is 5.32 Å². The summed E-state index contributed by atoms with van der Waals surface area (Å²) >= 11 is 6.48. The molecule has 43 heavy (non-hydrogen) atoms. The van der Waals surface area contributed by atoms with Gasteiger partial charge in [-0.1, -0.05) is 35.9 Å². The topological polar surface area (TPSA) is 127 Å². The van der Waals surface area contributed by atoms with Crippen LogP contribution in [-0.2, 0) is 14.3 Å². The molecule has 0 aromatic heterocycles. The van der Waals surface area contributed by atoms with Gasteiger partial charge in [0.1, 0.15) is 18.5 Å². The molecule has 5 rings (SSSR count). The van der Waals surface area contributed by atoms with Gasteiger partial charge in [-0.25, -0.2) is 18.0 Å². The Bertz CT molecular complexity index is 1700. The largest absolute Gasteiger partial charge is 0.446 e. The standard InChI is InChI=1S/C30H21ClF3N5O4/c31-24-7-2-1-6-23(24)26(27(40)37-20-12-30(33,34)13-20)39(22-10-18(15-36)8-19(32)11-22)28(41)25-16-43-29(42)38(25)21-5-3-4-17(9-21)14-35/h1-11,20,25-26H,12-13,16H2,(H,37,40)/t25-,26?/m0/s1. The van der Waals surface area contributed by atoms with Gasteiger partial charge >= 0.3 is 6.09 Å². The number of nitriles is 2. The van der Waals surface area contributed by atoms with Crippen molar-refractivity contribution in [2.75, 3.05) is 16.4 Å². The van der Waals surface area contributed by atoms with Gasteiger partial charge in [-0.05, 0) is 42.5 Å². The van der Waals surface area contributed by atoms with E-state index in [1.807, 2.05) is 6.07 Å². The van der Waals surface area contributed by atoms with Crippen LogP contribution in [0, 0.1) is 28.5 Å². The van der Waals surface area contributed by atoms with Gasteiger partial charge in [0, 0.05) is 40.8 Å². The number of halogens is 4. The van der Waals surface area contributed by atoms with Crippen molar-refractivity contribution in [2.24, 2.45) is 0 Å². The summed E-state index contributed by atoms with van der Waals surface area (Å²) in [6, 6.07) is 14.6. The Morgan fingerprint density at radius 1 is 1.05 bits per heavy atom. The number of alkyl halides is 2. The van der Waals surface area contributed by atoms with Crippen molar-refractivity contribution < 1.29 is 32.3 Å². The zero-order chi connectivity index (χ0) is 30.9. The van der Waals surface area contributed by atoms with Gasteiger partial charge in [-0.2, -0.15) is 10.5 Å². The maximum Gasteiger partial charge on any atom is 0.415 e. The number of rotatable bonds is 7. The molecule has 1 saturated heterocycles. The third-order valence-corrected chi connectivity index (χ3v) is 7.43. The molecule has 3 aromatic carbocycles. The number of nitrogens with one attached hydrogen (secondary N) is 1. The van der Waals surface area contributed by atoms with E-state index in [0.717, 1.165) is 21.9 Å². The van der Waals surface area contributed by atoms with Gasteiger partial charge in [0.05, 0.1) is 23.3 Å². The molecule has 1 aliphatic carbocycles. The van der Waals surface area contributed by atoms with Crippen LogP contribution in [0.15, 0.2) is 66.7 Å². The predicted molar refractivity (Wildman–Crippen MR) is 148 cm³/mol. The summed E-state index contributed by atoms with van der Waals surface area (Å²) in [5, 5.41) is 21.4. The minimum absolute atomic E-state index is 0.0358. The van der Waals surface area contributed by atoms with Crippen LogP contribution in [-0.4, -0.2) is 42.5 Å². The highest BCUT2D eigenvalue weighted by molar-refractivity contribution is 6.31. The molecule has 1 N–H and O–H groups in total. The summed E-state index contributed by atoms with van der Waals surface area (Å²) < 4.78 is 47.2. The highest BCUT2D eigenvalue weighted by atomic mass is 35.5. The number of hydrogen-bond acceptors (Lipinski definition) is 6. The summed E-state index contributed by atoms with van der Waals surface area (Å²) in [6.45, 7) is -0.475. The maximum absolute atomic E-state index is 14.8. The number of nitrogens with zero attached hydrogens (tertiary/aromatic N) is 4. The molecule has 1 aliphatic heterocycles. The number of benzene rings is 3. The number of cyclic esters (lactones) is 1. The molecule has 1 unspecified atom stereocenters. The van der Waals surface area contributed by atoms with Crippen LogP contribution in [0.25, 0.3) is 0 Å². The molecule has 3 aromatic rings. The van der Waals surface area contributed by atoms with Crippen LogP contribution in [0.5, 0.6) is 0 Å². The Morgan fingerprint density at radius 3 is 2.44 bits per heavy atom. The van der Waals surface area contributed by atoms with Gasteiger partial charge < -0.3 is 10.1 Å². The second-order valence-corrected chi connectivity index (χ2v) is 10.4. The first-order valence-corrected chi connectivity index (χ1v) is 13.3. The first-order chi connectivity index (χ1) is 20.5. The lowest BCUT2D eigenvalue weighted by atomic mass is 9.87. The van der Waals surface area contributed by atoms with E-state index in [1.165, 1.54) is 48.5 Å². The van der Waals surface area contributed by atoms with Crippen LogP contribution in [0.1, 0.15) is 35.6 Å². The van der Waals surface area contributed by atoms with Crippen molar-refractivity contribution >= 4 is 40.9 Å². The second kappa shape index (κ2) is 11.7. The van der Waals surface area contributed by atoms with Gasteiger partial charge in [-0.3, -0.25) is 19.4 Å². The van der Waals surface area contributed by atoms with E-state index in [9.17, 15) is 38.1 Å². The van der Waals surface area contributed by atoms with Crippen molar-refractivity contribution in [3.05, 3.63) is 94.3 Å². The molecule has 0 radical (unpaired) electrons. The molecule has 2 aliphatic rings. The lowest BCUT2D eigenvalue weighted by Gasteiger charge is -2.39. The minimum atomic E-state index is -2.96. The lowest BCUT2D eigenvalue weighted by Crippen LogP contribution is -2.56. The Hall–Kier alpha value is -5.07. The van der Waals surface area contributed by atoms with Gasteiger partial charge in [0.25, 0.3) is 11.8 Å². The lowest BCUT2D eigenvalue weighted by molar-refractivity contribution is -0.133. The Balaban J connectivity index is 1.65. The number of hydrogen-bond donors (Lipinski definition) is 1. The Labute approximate surface area is 248 Å². The quantitative estimate of drug-likeness (QED) is 0.392. The highest BCUT2D eigenvalue weighted by Crippen LogP contribution is 2.39. The fourth-order valence-corrected chi connectivity index (χ4v) is 5.33. The van der Waals surface area contributed by atoms with Crippen LogP contribution >= 0.6 is 11.6 Å². The molecule has 2 atom stereocenters.